The van der Waals surface area contributed by atoms with Gasteiger partial charge in [0.15, 0.2) is 16.7 Å². The van der Waals surface area contributed by atoms with Gasteiger partial charge in [-0.25, -0.2) is 0 Å². The third kappa shape index (κ3) is 6.46. The fourth-order valence-corrected chi connectivity index (χ4v) is 5.55. The molecule has 38 heavy (non-hydrogen) atoms. The summed E-state index contributed by atoms with van der Waals surface area (Å²) in [6, 6.07) is 19.1. The van der Waals surface area contributed by atoms with E-state index in [1.54, 1.807) is 20.3 Å². The number of hydrogen-bond acceptors (Lipinski definition) is 8. The maximum atomic E-state index is 11.7. The molecule has 11 heteroatoms. The molecule has 0 unspecified atom stereocenters. The number of rotatable bonds is 11. The first-order valence-electron chi connectivity index (χ1n) is 11.7. The van der Waals surface area contributed by atoms with Gasteiger partial charge in [0.2, 0.25) is 6.54 Å². The standard InChI is InChI=1S/C27H27BrN4O5S/c1-17-5-7-19(8-6-17)16-37-26-23(28)13-20(14-24(26)36-4)25(15-31(33)34)38-27-30-29-18(2)32(27)21-9-11-22(35-3)12-10-21/h5-14,25H,15-16H2,1-4H3/t25-/m1/s1. The zero-order valence-corrected chi connectivity index (χ0v) is 23.8. The molecule has 0 bridgehead atoms. The summed E-state index contributed by atoms with van der Waals surface area (Å²) >= 11 is 4.85. The summed E-state index contributed by atoms with van der Waals surface area (Å²) in [5, 5.41) is 20.2. The quantitative estimate of drug-likeness (QED) is 0.112. The Labute approximate surface area is 233 Å². The van der Waals surface area contributed by atoms with Gasteiger partial charge >= 0.3 is 0 Å². The van der Waals surface area contributed by atoms with E-state index in [1.165, 1.54) is 17.3 Å². The molecule has 0 aliphatic heterocycles. The Kier molecular flexibility index (Phi) is 8.90. The van der Waals surface area contributed by atoms with E-state index < -0.39 is 5.25 Å². The van der Waals surface area contributed by atoms with Gasteiger partial charge in [0.25, 0.3) is 0 Å². The molecule has 4 aromatic rings. The van der Waals surface area contributed by atoms with Crippen LogP contribution in [0.2, 0.25) is 0 Å². The fourth-order valence-electron chi connectivity index (χ4n) is 3.83. The number of methoxy groups -OCH3 is 2. The van der Waals surface area contributed by atoms with Gasteiger partial charge in [0.1, 0.15) is 23.4 Å². The van der Waals surface area contributed by atoms with Crippen LogP contribution < -0.4 is 14.2 Å². The minimum atomic E-state index is -0.568. The van der Waals surface area contributed by atoms with Crippen molar-refractivity contribution >= 4 is 27.7 Å². The molecule has 0 spiro atoms. The lowest BCUT2D eigenvalue weighted by Crippen LogP contribution is -2.12. The highest BCUT2D eigenvalue weighted by atomic mass is 79.9. The molecule has 0 N–H and O–H groups in total. The molecule has 1 atom stereocenters. The van der Waals surface area contributed by atoms with Crippen molar-refractivity contribution in [3.63, 3.8) is 0 Å². The van der Waals surface area contributed by atoms with Crippen molar-refractivity contribution in [2.75, 3.05) is 20.8 Å². The Morgan fingerprint density at radius 3 is 2.37 bits per heavy atom. The number of thioether (sulfide) groups is 1. The van der Waals surface area contributed by atoms with E-state index in [-0.39, 0.29) is 11.5 Å². The Bertz CT molecular complexity index is 1410. The molecule has 0 radical (unpaired) electrons. The predicted octanol–water partition coefficient (Wildman–Crippen LogP) is 6.35. The first-order chi connectivity index (χ1) is 18.3. The molecule has 9 nitrogen and oxygen atoms in total. The van der Waals surface area contributed by atoms with Crippen LogP contribution in [0.25, 0.3) is 5.69 Å². The van der Waals surface area contributed by atoms with Crippen molar-refractivity contribution in [2.24, 2.45) is 0 Å². The summed E-state index contributed by atoms with van der Waals surface area (Å²) in [5.74, 6) is 2.39. The molecular weight excluding hydrogens is 572 g/mol. The highest BCUT2D eigenvalue weighted by molar-refractivity contribution is 9.10. The number of aromatic nitrogens is 3. The maximum Gasteiger partial charge on any atom is 0.220 e. The Hall–Kier alpha value is -3.57. The average Bonchev–Trinajstić information content (AvgIpc) is 3.27. The lowest BCUT2D eigenvalue weighted by molar-refractivity contribution is -0.479. The first-order valence-corrected chi connectivity index (χ1v) is 13.4. The zero-order valence-electron chi connectivity index (χ0n) is 21.4. The third-order valence-corrected chi connectivity index (χ3v) is 7.59. The molecule has 0 saturated heterocycles. The van der Waals surface area contributed by atoms with E-state index in [4.69, 9.17) is 14.2 Å². The van der Waals surface area contributed by atoms with Crippen LogP contribution in [0.15, 0.2) is 70.3 Å². The SMILES string of the molecule is COc1ccc(-n2c(C)nnc2S[C@H](C[N+](=O)[O-])c2cc(Br)c(OCc3ccc(C)cc3)c(OC)c2)cc1. The van der Waals surface area contributed by atoms with Crippen LogP contribution in [0.1, 0.15) is 27.8 Å². The molecule has 0 saturated carbocycles. The summed E-state index contributed by atoms with van der Waals surface area (Å²) in [7, 11) is 3.15. The van der Waals surface area contributed by atoms with Gasteiger partial charge in [-0.15, -0.1) is 10.2 Å². The fraction of sp³-hybridized carbons (Fsp3) is 0.259. The molecule has 1 aromatic heterocycles. The predicted molar refractivity (Wildman–Crippen MR) is 149 cm³/mol. The van der Waals surface area contributed by atoms with E-state index in [0.717, 1.165) is 17.0 Å². The van der Waals surface area contributed by atoms with Crippen LogP contribution in [0, 0.1) is 24.0 Å². The van der Waals surface area contributed by atoms with E-state index in [0.29, 0.717) is 39.1 Å². The van der Waals surface area contributed by atoms with Gasteiger partial charge in [-0.2, -0.15) is 0 Å². The molecule has 198 valence electrons. The molecule has 0 aliphatic carbocycles. The van der Waals surface area contributed by atoms with Gasteiger partial charge in [0, 0.05) is 10.6 Å². The van der Waals surface area contributed by atoms with Crippen LogP contribution in [0.3, 0.4) is 0 Å². The van der Waals surface area contributed by atoms with E-state index in [9.17, 15) is 10.1 Å². The summed E-state index contributed by atoms with van der Waals surface area (Å²) < 4.78 is 19.4. The molecular formula is C27H27BrN4O5S. The number of nitrogens with zero attached hydrogens (tertiary/aromatic N) is 4. The normalized spacial score (nSPS) is 11.7. The summed E-state index contributed by atoms with van der Waals surface area (Å²) in [6.07, 6.45) is 0. The summed E-state index contributed by atoms with van der Waals surface area (Å²) in [5.41, 5.74) is 3.71. The highest BCUT2D eigenvalue weighted by Gasteiger charge is 2.26. The Morgan fingerprint density at radius 2 is 1.74 bits per heavy atom. The van der Waals surface area contributed by atoms with Crippen LogP contribution >= 0.6 is 27.7 Å². The molecule has 0 aliphatic rings. The van der Waals surface area contributed by atoms with Crippen LogP contribution in [0.4, 0.5) is 0 Å². The van der Waals surface area contributed by atoms with Gasteiger partial charge in [-0.1, -0.05) is 41.6 Å². The second-order valence-electron chi connectivity index (χ2n) is 8.49. The molecule has 1 heterocycles. The van der Waals surface area contributed by atoms with Crippen LogP contribution in [-0.2, 0) is 6.61 Å². The first kappa shape index (κ1) is 27.5. The van der Waals surface area contributed by atoms with E-state index in [2.05, 4.69) is 26.1 Å². The third-order valence-electron chi connectivity index (χ3n) is 5.82. The monoisotopic (exact) mass is 598 g/mol. The van der Waals surface area contributed by atoms with Crippen molar-refractivity contribution in [2.45, 2.75) is 30.9 Å². The maximum absolute atomic E-state index is 11.7. The second kappa shape index (κ2) is 12.3. The van der Waals surface area contributed by atoms with Crippen molar-refractivity contribution in [3.8, 4) is 22.9 Å². The number of aryl methyl sites for hydroxylation is 2. The molecule has 3 aromatic carbocycles. The zero-order chi connectivity index (χ0) is 27.2. The van der Waals surface area contributed by atoms with E-state index in [1.807, 2.05) is 73.0 Å². The van der Waals surface area contributed by atoms with Crippen molar-refractivity contribution in [3.05, 3.63) is 97.8 Å². The largest absolute Gasteiger partial charge is 0.497 e. The van der Waals surface area contributed by atoms with Gasteiger partial charge in [-0.05, 0) is 77.3 Å². The summed E-state index contributed by atoms with van der Waals surface area (Å²) in [6.45, 7) is 3.90. The Morgan fingerprint density at radius 1 is 1.03 bits per heavy atom. The number of halogens is 1. The molecule has 4 rings (SSSR count). The number of ether oxygens (including phenoxy) is 3. The van der Waals surface area contributed by atoms with Crippen LogP contribution in [0.5, 0.6) is 17.2 Å². The minimum absolute atomic E-state index is 0.321. The van der Waals surface area contributed by atoms with E-state index >= 15 is 0 Å². The smallest absolute Gasteiger partial charge is 0.220 e. The number of nitro groups is 1. The lowest BCUT2D eigenvalue weighted by atomic mass is 10.1. The van der Waals surface area contributed by atoms with Crippen LogP contribution in [-0.4, -0.2) is 40.5 Å². The Balaban J connectivity index is 1.64. The van der Waals surface area contributed by atoms with Gasteiger partial charge in [-0.3, -0.25) is 14.7 Å². The topological polar surface area (TPSA) is 102 Å². The second-order valence-corrected chi connectivity index (χ2v) is 10.5. The lowest BCUT2D eigenvalue weighted by Gasteiger charge is -2.18. The highest BCUT2D eigenvalue weighted by Crippen LogP contribution is 2.43. The van der Waals surface area contributed by atoms with Crippen molar-refractivity contribution in [1.82, 2.24) is 14.8 Å². The average molecular weight is 600 g/mol. The number of hydrogen-bond donors (Lipinski definition) is 0. The summed E-state index contributed by atoms with van der Waals surface area (Å²) in [4.78, 5) is 11.3. The minimum Gasteiger partial charge on any atom is -0.497 e. The van der Waals surface area contributed by atoms with Gasteiger partial charge in [0.05, 0.1) is 18.7 Å². The van der Waals surface area contributed by atoms with Gasteiger partial charge < -0.3 is 14.2 Å². The molecule has 0 amide bonds. The number of benzene rings is 3. The van der Waals surface area contributed by atoms with Crippen molar-refractivity contribution < 1.29 is 19.1 Å². The van der Waals surface area contributed by atoms with Crippen molar-refractivity contribution in [1.29, 1.82) is 0 Å². The molecule has 0 fully saturated rings.